The van der Waals surface area contributed by atoms with Gasteiger partial charge in [-0.1, -0.05) is 30.3 Å². The van der Waals surface area contributed by atoms with Gasteiger partial charge in [-0.05, 0) is 44.8 Å². The van der Waals surface area contributed by atoms with E-state index in [0.717, 1.165) is 5.92 Å². The Hall–Kier alpha value is -0.820. The smallest absolute Gasteiger partial charge is 0.0133 e. The van der Waals surface area contributed by atoms with Gasteiger partial charge in [0.15, 0.2) is 0 Å². The van der Waals surface area contributed by atoms with Crippen molar-refractivity contribution in [2.75, 3.05) is 13.6 Å². The number of likely N-dealkylation sites (N-methyl/N-ethyl adjacent to an activating group) is 1. The third-order valence-electron chi connectivity index (χ3n) is 3.53. The lowest BCUT2D eigenvalue weighted by molar-refractivity contribution is 0.174. The lowest BCUT2D eigenvalue weighted by Crippen LogP contribution is -2.39. The molecule has 0 N–H and O–H groups in total. The van der Waals surface area contributed by atoms with Crippen LogP contribution in [0.5, 0.6) is 0 Å². The van der Waals surface area contributed by atoms with Crippen LogP contribution in [0.15, 0.2) is 30.3 Å². The summed E-state index contributed by atoms with van der Waals surface area (Å²) in [6.45, 7) is 3.60. The summed E-state index contributed by atoms with van der Waals surface area (Å²) in [5.41, 5.74) is 1.51. The predicted octanol–water partition coefficient (Wildman–Crippen LogP) is 2.88. The molecule has 1 saturated heterocycles. The van der Waals surface area contributed by atoms with Crippen LogP contribution < -0.4 is 0 Å². The van der Waals surface area contributed by atoms with Gasteiger partial charge in [0, 0.05) is 6.04 Å². The van der Waals surface area contributed by atoms with Crippen LogP contribution in [0.25, 0.3) is 0 Å². The van der Waals surface area contributed by atoms with Gasteiger partial charge >= 0.3 is 0 Å². The summed E-state index contributed by atoms with van der Waals surface area (Å²) >= 11 is 0. The second-order valence-corrected chi connectivity index (χ2v) is 4.38. The fourth-order valence-corrected chi connectivity index (χ4v) is 2.46. The molecule has 1 heteroatoms. The molecule has 0 amide bonds. The van der Waals surface area contributed by atoms with Crippen LogP contribution in [-0.4, -0.2) is 24.5 Å². The third-order valence-corrected chi connectivity index (χ3v) is 3.53. The van der Waals surface area contributed by atoms with E-state index in [1.807, 2.05) is 0 Å². The zero-order valence-electron chi connectivity index (χ0n) is 9.11. The molecule has 1 heterocycles. The largest absolute Gasteiger partial charge is 0.303 e. The lowest BCUT2D eigenvalue weighted by Gasteiger charge is -2.37. The molecule has 2 rings (SSSR count). The van der Waals surface area contributed by atoms with Crippen molar-refractivity contribution in [2.45, 2.75) is 31.7 Å². The van der Waals surface area contributed by atoms with E-state index in [-0.39, 0.29) is 0 Å². The molecule has 1 fully saturated rings. The van der Waals surface area contributed by atoms with Gasteiger partial charge < -0.3 is 4.90 Å². The highest BCUT2D eigenvalue weighted by Crippen LogP contribution is 2.31. The van der Waals surface area contributed by atoms with Crippen LogP contribution in [-0.2, 0) is 0 Å². The van der Waals surface area contributed by atoms with Crippen molar-refractivity contribution in [3.05, 3.63) is 35.9 Å². The molecular weight excluding hydrogens is 170 g/mol. The van der Waals surface area contributed by atoms with Gasteiger partial charge in [-0.2, -0.15) is 0 Å². The Morgan fingerprint density at radius 2 is 1.93 bits per heavy atom. The molecule has 1 aromatic carbocycles. The summed E-state index contributed by atoms with van der Waals surface area (Å²) in [5.74, 6) is 0.731. The maximum absolute atomic E-state index is 2.47. The molecule has 0 bridgehead atoms. The molecule has 0 aliphatic carbocycles. The van der Waals surface area contributed by atoms with E-state index >= 15 is 0 Å². The minimum Gasteiger partial charge on any atom is -0.303 e. The van der Waals surface area contributed by atoms with Crippen molar-refractivity contribution < 1.29 is 0 Å². The van der Waals surface area contributed by atoms with Crippen molar-refractivity contribution >= 4 is 0 Å². The van der Waals surface area contributed by atoms with Gasteiger partial charge in [-0.15, -0.1) is 0 Å². The maximum atomic E-state index is 2.47. The Morgan fingerprint density at radius 1 is 1.21 bits per heavy atom. The Balaban J connectivity index is 2.17. The topological polar surface area (TPSA) is 3.24 Å². The molecule has 76 valence electrons. The van der Waals surface area contributed by atoms with E-state index in [1.165, 1.54) is 24.9 Å². The summed E-state index contributed by atoms with van der Waals surface area (Å²) in [6.07, 6.45) is 2.68. The van der Waals surface area contributed by atoms with E-state index in [4.69, 9.17) is 0 Å². The quantitative estimate of drug-likeness (QED) is 0.656. The second kappa shape index (κ2) is 4.14. The number of benzene rings is 1. The van der Waals surface area contributed by atoms with Gasteiger partial charge in [0.1, 0.15) is 0 Å². The Labute approximate surface area is 86.7 Å². The highest BCUT2D eigenvalue weighted by atomic mass is 15.1. The Morgan fingerprint density at radius 3 is 2.64 bits per heavy atom. The SMILES string of the molecule is C[C@@H]1[C@@H](c2ccccc2)CCCN1C. The number of likely N-dealkylation sites (tertiary alicyclic amines) is 1. The molecule has 1 aliphatic rings. The summed E-state index contributed by atoms with van der Waals surface area (Å²) in [6, 6.07) is 11.6. The predicted molar refractivity (Wildman–Crippen MR) is 60.5 cm³/mol. The van der Waals surface area contributed by atoms with Gasteiger partial charge in [0.05, 0.1) is 0 Å². The summed E-state index contributed by atoms with van der Waals surface area (Å²) in [7, 11) is 2.24. The molecule has 0 radical (unpaired) electrons. The first-order valence-corrected chi connectivity index (χ1v) is 5.54. The number of nitrogens with zero attached hydrogens (tertiary/aromatic N) is 1. The van der Waals surface area contributed by atoms with Crippen molar-refractivity contribution in [3.63, 3.8) is 0 Å². The normalized spacial score (nSPS) is 29.0. The van der Waals surface area contributed by atoms with Crippen LogP contribution in [0, 0.1) is 0 Å². The molecule has 0 unspecified atom stereocenters. The summed E-state index contributed by atoms with van der Waals surface area (Å²) in [4.78, 5) is 2.47. The van der Waals surface area contributed by atoms with Gasteiger partial charge in [0.25, 0.3) is 0 Å². The summed E-state index contributed by atoms with van der Waals surface area (Å²) in [5, 5.41) is 0. The first kappa shape index (κ1) is 9.72. The minimum atomic E-state index is 0.686. The summed E-state index contributed by atoms with van der Waals surface area (Å²) < 4.78 is 0. The second-order valence-electron chi connectivity index (χ2n) is 4.38. The van der Waals surface area contributed by atoms with Crippen LogP contribution >= 0.6 is 0 Å². The van der Waals surface area contributed by atoms with Crippen molar-refractivity contribution in [1.29, 1.82) is 0 Å². The Bertz CT molecular complexity index is 281. The van der Waals surface area contributed by atoms with E-state index in [0.29, 0.717) is 6.04 Å². The fourth-order valence-electron chi connectivity index (χ4n) is 2.46. The van der Waals surface area contributed by atoms with Crippen LogP contribution in [0.1, 0.15) is 31.2 Å². The first-order chi connectivity index (χ1) is 6.79. The Kier molecular flexibility index (Phi) is 2.87. The van der Waals surface area contributed by atoms with Gasteiger partial charge in [-0.25, -0.2) is 0 Å². The fraction of sp³-hybridized carbons (Fsp3) is 0.538. The molecule has 0 aromatic heterocycles. The zero-order chi connectivity index (χ0) is 9.97. The van der Waals surface area contributed by atoms with E-state index < -0.39 is 0 Å². The zero-order valence-corrected chi connectivity index (χ0v) is 9.11. The van der Waals surface area contributed by atoms with E-state index in [1.54, 1.807) is 0 Å². The number of piperidine rings is 1. The maximum Gasteiger partial charge on any atom is 0.0133 e. The molecule has 1 aliphatic heterocycles. The van der Waals surface area contributed by atoms with E-state index in [2.05, 4.69) is 49.2 Å². The number of rotatable bonds is 1. The molecule has 1 nitrogen and oxygen atoms in total. The molecule has 14 heavy (non-hydrogen) atoms. The monoisotopic (exact) mass is 189 g/mol. The lowest BCUT2D eigenvalue weighted by atomic mass is 9.85. The number of hydrogen-bond donors (Lipinski definition) is 0. The third kappa shape index (κ3) is 1.83. The average molecular weight is 189 g/mol. The molecule has 1 aromatic rings. The average Bonchev–Trinajstić information content (AvgIpc) is 2.23. The van der Waals surface area contributed by atoms with Crippen LogP contribution in [0.2, 0.25) is 0 Å². The molecular formula is C13H19N. The minimum absolute atomic E-state index is 0.686. The van der Waals surface area contributed by atoms with Crippen molar-refractivity contribution in [2.24, 2.45) is 0 Å². The van der Waals surface area contributed by atoms with Gasteiger partial charge in [-0.3, -0.25) is 0 Å². The molecule has 2 atom stereocenters. The van der Waals surface area contributed by atoms with Crippen molar-refractivity contribution in [3.8, 4) is 0 Å². The van der Waals surface area contributed by atoms with Crippen molar-refractivity contribution in [1.82, 2.24) is 4.90 Å². The van der Waals surface area contributed by atoms with Gasteiger partial charge in [0.2, 0.25) is 0 Å². The molecule has 0 saturated carbocycles. The van der Waals surface area contributed by atoms with Crippen LogP contribution in [0.3, 0.4) is 0 Å². The number of hydrogen-bond acceptors (Lipinski definition) is 1. The first-order valence-electron chi connectivity index (χ1n) is 5.54. The highest BCUT2D eigenvalue weighted by Gasteiger charge is 2.26. The van der Waals surface area contributed by atoms with Crippen LogP contribution in [0.4, 0.5) is 0 Å². The van der Waals surface area contributed by atoms with E-state index in [9.17, 15) is 0 Å². The standard InChI is InChI=1S/C13H19N/c1-11-13(9-6-10-14(11)2)12-7-4-3-5-8-12/h3-5,7-8,11,13H,6,9-10H2,1-2H3/t11-,13+/m1/s1. The molecule has 0 spiro atoms. The highest BCUT2D eigenvalue weighted by molar-refractivity contribution is 5.21.